The smallest absolute Gasteiger partial charge is 0.397 e. The zero-order valence-electron chi connectivity index (χ0n) is 10.0. The van der Waals surface area contributed by atoms with Crippen molar-refractivity contribution < 1.29 is 13.2 Å². The van der Waals surface area contributed by atoms with Crippen molar-refractivity contribution >= 4 is 11.5 Å². The third-order valence-electron chi connectivity index (χ3n) is 2.38. The van der Waals surface area contributed by atoms with E-state index >= 15 is 0 Å². The first-order chi connectivity index (χ1) is 7.70. The van der Waals surface area contributed by atoms with E-state index in [1.165, 1.54) is 11.0 Å². The number of nitrogens with zero attached hydrogens (tertiary/aromatic N) is 2. The summed E-state index contributed by atoms with van der Waals surface area (Å²) in [5.41, 5.74) is 6.60. The number of pyridine rings is 1. The molecule has 0 saturated carbocycles. The Morgan fingerprint density at radius 1 is 1.35 bits per heavy atom. The minimum Gasteiger partial charge on any atom is -0.397 e. The molecular formula is C11H16F3N3. The summed E-state index contributed by atoms with van der Waals surface area (Å²) in [5, 5.41) is 0. The molecule has 1 aromatic rings. The summed E-state index contributed by atoms with van der Waals surface area (Å²) in [4.78, 5) is 5.28. The Labute approximate surface area is 98.4 Å². The van der Waals surface area contributed by atoms with Crippen LogP contribution in [0.5, 0.6) is 0 Å². The average Bonchev–Trinajstić information content (AvgIpc) is 2.17. The van der Waals surface area contributed by atoms with E-state index < -0.39 is 12.7 Å². The maximum Gasteiger partial charge on any atom is 0.405 e. The summed E-state index contributed by atoms with van der Waals surface area (Å²) >= 11 is 0. The fourth-order valence-corrected chi connectivity index (χ4v) is 1.44. The molecule has 0 aliphatic carbocycles. The third kappa shape index (κ3) is 3.80. The molecule has 0 fully saturated rings. The number of nitrogen functional groups attached to an aromatic ring is 1. The van der Waals surface area contributed by atoms with Crippen LogP contribution in [0.1, 0.15) is 19.5 Å². The van der Waals surface area contributed by atoms with Crippen molar-refractivity contribution in [1.82, 2.24) is 4.98 Å². The van der Waals surface area contributed by atoms with Gasteiger partial charge in [-0.15, -0.1) is 0 Å². The van der Waals surface area contributed by atoms with Crippen LogP contribution in [0.4, 0.5) is 24.7 Å². The topological polar surface area (TPSA) is 42.2 Å². The van der Waals surface area contributed by atoms with E-state index in [9.17, 15) is 13.2 Å². The van der Waals surface area contributed by atoms with Crippen molar-refractivity contribution in [3.63, 3.8) is 0 Å². The van der Waals surface area contributed by atoms with Crippen molar-refractivity contribution in [3.05, 3.63) is 17.8 Å². The van der Waals surface area contributed by atoms with E-state index in [1.807, 2.05) is 0 Å². The van der Waals surface area contributed by atoms with Gasteiger partial charge in [0.15, 0.2) is 0 Å². The predicted molar refractivity (Wildman–Crippen MR) is 61.9 cm³/mol. The van der Waals surface area contributed by atoms with Crippen LogP contribution in [-0.4, -0.2) is 23.7 Å². The van der Waals surface area contributed by atoms with Crippen LogP contribution in [-0.2, 0) is 0 Å². The van der Waals surface area contributed by atoms with Gasteiger partial charge in [0.2, 0.25) is 0 Å². The Morgan fingerprint density at radius 3 is 2.35 bits per heavy atom. The van der Waals surface area contributed by atoms with Crippen molar-refractivity contribution in [2.45, 2.75) is 33.0 Å². The zero-order chi connectivity index (χ0) is 13.2. The molecule has 0 aliphatic rings. The monoisotopic (exact) mass is 247 g/mol. The van der Waals surface area contributed by atoms with Crippen LogP contribution in [0.3, 0.4) is 0 Å². The number of hydrogen-bond acceptors (Lipinski definition) is 3. The Kier molecular flexibility index (Phi) is 3.85. The highest BCUT2D eigenvalue weighted by atomic mass is 19.4. The molecule has 0 aliphatic heterocycles. The minimum atomic E-state index is -4.25. The van der Waals surface area contributed by atoms with Gasteiger partial charge in [0.05, 0.1) is 11.4 Å². The Morgan fingerprint density at radius 2 is 1.94 bits per heavy atom. The number of rotatable bonds is 3. The largest absolute Gasteiger partial charge is 0.405 e. The van der Waals surface area contributed by atoms with Crippen molar-refractivity contribution in [2.24, 2.45) is 0 Å². The molecule has 0 radical (unpaired) electrons. The fourth-order valence-electron chi connectivity index (χ4n) is 1.44. The number of aryl methyl sites for hydroxylation is 1. The van der Waals surface area contributed by atoms with Crippen LogP contribution in [0.2, 0.25) is 0 Å². The van der Waals surface area contributed by atoms with Crippen LogP contribution in [0.25, 0.3) is 0 Å². The average molecular weight is 247 g/mol. The number of nitrogens with two attached hydrogens (primary N) is 1. The number of hydrogen-bond donors (Lipinski definition) is 1. The Hall–Kier alpha value is -1.46. The second-order valence-corrected chi connectivity index (χ2v) is 4.18. The summed E-state index contributed by atoms with van der Waals surface area (Å²) in [6, 6.07) is 2.80. The van der Waals surface area contributed by atoms with Crippen molar-refractivity contribution in [1.29, 1.82) is 0 Å². The Bertz CT molecular complexity index is 388. The molecule has 1 aromatic heterocycles. The molecule has 3 nitrogen and oxygen atoms in total. The van der Waals surface area contributed by atoms with E-state index in [4.69, 9.17) is 5.73 Å². The van der Waals surface area contributed by atoms with E-state index in [1.54, 1.807) is 26.8 Å². The molecular weight excluding hydrogens is 231 g/mol. The number of aromatic nitrogens is 1. The van der Waals surface area contributed by atoms with Gasteiger partial charge >= 0.3 is 6.18 Å². The SMILES string of the molecule is Cc1nc(N(CC(F)(F)F)C(C)C)ccc1N. The van der Waals surface area contributed by atoms with E-state index in [0.717, 1.165) is 0 Å². The van der Waals surface area contributed by atoms with E-state index in [-0.39, 0.29) is 6.04 Å². The highest BCUT2D eigenvalue weighted by Crippen LogP contribution is 2.24. The van der Waals surface area contributed by atoms with Crippen LogP contribution >= 0.6 is 0 Å². The normalized spacial score (nSPS) is 11.9. The lowest BCUT2D eigenvalue weighted by Gasteiger charge is -2.29. The molecule has 0 bridgehead atoms. The molecule has 1 rings (SSSR count). The molecule has 1 heterocycles. The van der Waals surface area contributed by atoms with Gasteiger partial charge in [-0.2, -0.15) is 13.2 Å². The predicted octanol–water partition coefficient (Wildman–Crippen LogP) is 2.75. The van der Waals surface area contributed by atoms with Gasteiger partial charge in [-0.25, -0.2) is 4.98 Å². The highest BCUT2D eigenvalue weighted by Gasteiger charge is 2.32. The second kappa shape index (κ2) is 4.81. The Balaban J connectivity index is 3.02. The standard InChI is InChI=1S/C11H16F3N3/c1-7(2)17(6-11(12,13)14)10-5-4-9(15)8(3)16-10/h4-5,7H,6,15H2,1-3H3. The van der Waals surface area contributed by atoms with Gasteiger partial charge in [-0.05, 0) is 32.9 Å². The molecule has 0 saturated heterocycles. The maximum atomic E-state index is 12.4. The number of anilines is 2. The summed E-state index contributed by atoms with van der Waals surface area (Å²) < 4.78 is 37.3. The second-order valence-electron chi connectivity index (χ2n) is 4.18. The van der Waals surface area contributed by atoms with Gasteiger partial charge < -0.3 is 10.6 Å². The third-order valence-corrected chi connectivity index (χ3v) is 2.38. The number of alkyl halides is 3. The lowest BCUT2D eigenvalue weighted by atomic mass is 10.2. The first kappa shape index (κ1) is 13.6. The molecule has 2 N–H and O–H groups in total. The summed E-state index contributed by atoms with van der Waals surface area (Å²) in [5.74, 6) is 0.295. The first-order valence-electron chi connectivity index (χ1n) is 5.27. The molecule has 0 aromatic carbocycles. The molecule has 0 atom stereocenters. The lowest BCUT2D eigenvalue weighted by Crippen LogP contribution is -2.39. The van der Waals surface area contributed by atoms with Crippen LogP contribution in [0, 0.1) is 6.92 Å². The lowest BCUT2D eigenvalue weighted by molar-refractivity contribution is -0.120. The van der Waals surface area contributed by atoms with Gasteiger partial charge in [-0.1, -0.05) is 0 Å². The summed E-state index contributed by atoms with van der Waals surface area (Å²) in [7, 11) is 0. The van der Waals surface area contributed by atoms with Crippen LogP contribution < -0.4 is 10.6 Å². The van der Waals surface area contributed by atoms with Gasteiger partial charge in [-0.3, -0.25) is 0 Å². The summed E-state index contributed by atoms with van der Waals surface area (Å²) in [6.07, 6.45) is -4.25. The molecule has 96 valence electrons. The van der Waals surface area contributed by atoms with Gasteiger partial charge in [0, 0.05) is 6.04 Å². The quantitative estimate of drug-likeness (QED) is 0.893. The van der Waals surface area contributed by atoms with E-state index in [0.29, 0.717) is 17.2 Å². The molecule has 6 heteroatoms. The molecule has 0 unspecified atom stereocenters. The fraction of sp³-hybridized carbons (Fsp3) is 0.545. The number of halogens is 3. The molecule has 0 amide bonds. The van der Waals surface area contributed by atoms with Crippen molar-refractivity contribution in [2.75, 3.05) is 17.2 Å². The van der Waals surface area contributed by atoms with Crippen molar-refractivity contribution in [3.8, 4) is 0 Å². The zero-order valence-corrected chi connectivity index (χ0v) is 10.0. The highest BCUT2D eigenvalue weighted by molar-refractivity contribution is 5.50. The van der Waals surface area contributed by atoms with Crippen LogP contribution in [0.15, 0.2) is 12.1 Å². The molecule has 0 spiro atoms. The minimum absolute atomic E-state index is 0.285. The maximum absolute atomic E-state index is 12.4. The summed E-state index contributed by atoms with van der Waals surface area (Å²) in [6.45, 7) is 4.05. The first-order valence-corrected chi connectivity index (χ1v) is 5.27. The van der Waals surface area contributed by atoms with Gasteiger partial charge in [0.25, 0.3) is 0 Å². The van der Waals surface area contributed by atoms with Gasteiger partial charge in [0.1, 0.15) is 12.4 Å². The van der Waals surface area contributed by atoms with E-state index in [2.05, 4.69) is 4.98 Å². The molecule has 17 heavy (non-hydrogen) atoms.